The van der Waals surface area contributed by atoms with Gasteiger partial charge in [0.15, 0.2) is 5.78 Å². The number of benzene rings is 4. The maximum absolute atomic E-state index is 13.8. The van der Waals surface area contributed by atoms with Crippen LogP contribution in [0.25, 0.3) is 0 Å². The first-order valence-electron chi connectivity index (χ1n) is 26.3. The molecule has 372 valence electrons. The summed E-state index contributed by atoms with van der Waals surface area (Å²) in [6.45, 7) is 1.92. The van der Waals surface area contributed by atoms with Gasteiger partial charge in [0, 0.05) is 20.7 Å². The van der Waals surface area contributed by atoms with Crippen molar-refractivity contribution in [3.63, 3.8) is 0 Å². The molecule has 0 unspecified atom stereocenters. The first kappa shape index (κ1) is 46.5. The topological polar surface area (TPSA) is 110 Å². The van der Waals surface area contributed by atoms with E-state index in [4.69, 9.17) is 27.7 Å². The molecule has 4 aromatic carbocycles. The minimum Gasteiger partial charge on any atom is -0.479 e. The van der Waals surface area contributed by atoms with Gasteiger partial charge in [0.05, 0.1) is 36.7 Å². The first-order valence-corrected chi connectivity index (χ1v) is 23.3. The van der Waals surface area contributed by atoms with Gasteiger partial charge in [-0.05, 0) is 145 Å². The average Bonchev–Trinajstić information content (AvgIpc) is 3.36. The molecule has 8 nitrogen and oxygen atoms in total. The zero-order valence-electron chi connectivity index (χ0n) is 45.3. The molecule has 2 aliphatic rings. The summed E-state index contributed by atoms with van der Waals surface area (Å²) in [6.07, 6.45) is 1.58. The largest absolute Gasteiger partial charge is 0.479 e. The third kappa shape index (κ3) is 16.8. The van der Waals surface area contributed by atoms with E-state index >= 15 is 0 Å². The Labute approximate surface area is 406 Å². The molecule has 68 heavy (non-hydrogen) atoms. The predicted molar refractivity (Wildman–Crippen MR) is 255 cm³/mol. The number of alkyl halides is 6. The van der Waals surface area contributed by atoms with Gasteiger partial charge >= 0.3 is 12.4 Å². The van der Waals surface area contributed by atoms with E-state index in [1.807, 2.05) is 20.8 Å². The van der Waals surface area contributed by atoms with Crippen molar-refractivity contribution in [3.05, 3.63) is 140 Å². The number of carbonyl (C=O) groups excluding carboxylic acids is 1. The van der Waals surface area contributed by atoms with Crippen molar-refractivity contribution in [2.24, 2.45) is 10.3 Å². The molecule has 4 aromatic rings. The molecule has 0 radical (unpaired) electrons. The van der Waals surface area contributed by atoms with Crippen LogP contribution in [0, 0.1) is 0 Å². The minimum atomic E-state index is -4.49. The summed E-state index contributed by atoms with van der Waals surface area (Å²) in [5, 5.41) is 26.0. The van der Waals surface area contributed by atoms with Crippen molar-refractivity contribution in [2.75, 3.05) is 6.61 Å². The summed E-state index contributed by atoms with van der Waals surface area (Å²) >= 11 is 0. The van der Waals surface area contributed by atoms with Crippen LogP contribution < -0.4 is 0 Å². The van der Waals surface area contributed by atoms with Crippen LogP contribution in [-0.4, -0.2) is 34.2 Å². The van der Waals surface area contributed by atoms with E-state index in [1.54, 1.807) is 55.5 Å². The van der Waals surface area contributed by atoms with Gasteiger partial charge in [-0.25, -0.2) is 0 Å². The van der Waals surface area contributed by atoms with Gasteiger partial charge in [0.1, 0.15) is 13.2 Å². The Morgan fingerprint density at radius 1 is 0.618 bits per heavy atom. The van der Waals surface area contributed by atoms with Crippen molar-refractivity contribution < 1.29 is 64.0 Å². The number of hydrogen-bond acceptors (Lipinski definition) is 8. The van der Waals surface area contributed by atoms with Crippen LogP contribution in [-0.2, 0) is 66.0 Å². The first-order chi connectivity index (χ1) is 34.9. The van der Waals surface area contributed by atoms with Crippen molar-refractivity contribution >= 4 is 17.4 Å². The number of halogens is 6. The number of nitrogens with zero attached hydrogens (tertiary/aromatic N) is 2. The zero-order chi connectivity index (χ0) is 54.9. The fraction of sp³-hybridized carbons (Fsp3) is 0.500. The molecule has 0 heterocycles. The van der Waals surface area contributed by atoms with Crippen LogP contribution in [0.5, 0.6) is 0 Å². The maximum atomic E-state index is 13.8. The second-order valence-electron chi connectivity index (χ2n) is 16.9. The number of hydrogen-bond donors (Lipinski definition) is 2. The van der Waals surface area contributed by atoms with Crippen LogP contribution in [0.2, 0.25) is 0 Å². The molecular weight excluding hydrogens is 887 g/mol. The van der Waals surface area contributed by atoms with E-state index in [0.29, 0.717) is 53.2 Å². The molecule has 0 aromatic heterocycles. The lowest BCUT2D eigenvalue weighted by Crippen LogP contribution is -2.15. The molecule has 0 atom stereocenters. The summed E-state index contributed by atoms with van der Waals surface area (Å²) in [5.74, 6) is -0.599. The number of aliphatic hydroxyl groups excluding tert-OH is 2. The van der Waals surface area contributed by atoms with E-state index in [0.717, 1.165) is 87.0 Å². The fourth-order valence-electron chi connectivity index (χ4n) is 8.58. The normalized spacial score (nSPS) is 16.8. The van der Waals surface area contributed by atoms with Crippen LogP contribution in [0.15, 0.2) is 83.1 Å². The summed E-state index contributed by atoms with van der Waals surface area (Å²) in [7, 11) is 0. The number of oxime groups is 2. The Balaban J connectivity index is 0.000000258. The molecule has 0 spiro atoms. The Bertz CT molecular complexity index is 2500. The second kappa shape index (κ2) is 27.1. The van der Waals surface area contributed by atoms with Gasteiger partial charge in [-0.15, -0.1) is 0 Å². The van der Waals surface area contributed by atoms with E-state index in [9.17, 15) is 36.2 Å². The third-order valence-corrected chi connectivity index (χ3v) is 12.2. The zero-order valence-corrected chi connectivity index (χ0v) is 39.3. The van der Waals surface area contributed by atoms with Crippen molar-refractivity contribution in [1.29, 1.82) is 0 Å². The summed E-state index contributed by atoms with van der Waals surface area (Å²) in [4.78, 5) is 21.8. The molecule has 0 saturated heterocycles. The van der Waals surface area contributed by atoms with Crippen LogP contribution in [0.3, 0.4) is 0 Å². The molecule has 6 rings (SSSR count). The van der Waals surface area contributed by atoms with Crippen LogP contribution in [0.4, 0.5) is 26.3 Å². The summed E-state index contributed by atoms with van der Waals surface area (Å²) in [5.41, 5.74) is 3.46. The Morgan fingerprint density at radius 3 is 1.49 bits per heavy atom. The van der Waals surface area contributed by atoms with Gasteiger partial charge < -0.3 is 24.6 Å². The smallest absolute Gasteiger partial charge is 0.416 e. The standard InChI is InChI=1S/C25H30F3NO2.C18H24F3NO2.C11H14O2/c1-3-19-14-21(10-11-22(19)15-30)17(2)29-31-16-18-9-12-23(20-7-5-4-6-8-20)24(13-18)25(26,27)28;1-3-23-13(2)22-24-12-14-9-10-16(15-7-5-4-6-8-15)17(11-14)18(19,20)21;1-3-9-6-10(8(2)13)4-5-11(9)7-12/h9-14,20,30H,3-8,15-16H2,1-2H3;9-11,15H,3-8,12H2,1-2H3;4-6,12H,3,7H2,1-2H3/b29-17+;22-13-;/i2D3;;2D3. The SMILES string of the molecule is CCO/C(C)=N\OCc1ccc(C2CCCCC2)c(C(F)(F)F)c1.[2H]C([2H])([2H])/C(=N\OCc1ccc(C2CCCCC2)c(C(F)(F)F)c1)c1ccc(CO)c(CC)c1.[2H]C([2H])([2H])C(=O)c1ccc(CO)c(CC)c1. The lowest BCUT2D eigenvalue weighted by atomic mass is 9.81. The average molecular weight is 961 g/mol. The van der Waals surface area contributed by atoms with Crippen molar-refractivity contribution in [3.8, 4) is 0 Å². The molecule has 2 fully saturated rings. The Kier molecular flexibility index (Phi) is 18.5. The van der Waals surface area contributed by atoms with Gasteiger partial charge in [-0.2, -0.15) is 26.3 Å². The number of carbonyl (C=O) groups is 1. The quantitative estimate of drug-likeness (QED) is 0.0404. The van der Waals surface area contributed by atoms with E-state index in [-0.39, 0.29) is 55.1 Å². The molecule has 2 saturated carbocycles. The highest BCUT2D eigenvalue weighted by atomic mass is 19.4. The molecule has 0 aliphatic heterocycles. The Morgan fingerprint density at radius 2 is 1.07 bits per heavy atom. The molecule has 0 bridgehead atoms. The lowest BCUT2D eigenvalue weighted by Gasteiger charge is -2.25. The number of rotatable bonds is 15. The number of ether oxygens (including phenoxy) is 1. The van der Waals surface area contributed by atoms with Crippen molar-refractivity contribution in [1.82, 2.24) is 0 Å². The van der Waals surface area contributed by atoms with Crippen LogP contribution in [0.1, 0.15) is 197 Å². The van der Waals surface area contributed by atoms with E-state index in [1.165, 1.54) is 18.2 Å². The molecule has 2 N–H and O–H groups in total. The monoisotopic (exact) mass is 961 g/mol. The second-order valence-corrected chi connectivity index (χ2v) is 16.9. The maximum Gasteiger partial charge on any atom is 0.416 e. The van der Waals surface area contributed by atoms with E-state index in [2.05, 4.69) is 10.3 Å². The number of ketones is 1. The highest BCUT2D eigenvalue weighted by Crippen LogP contribution is 2.42. The molecule has 2 aliphatic carbocycles. The Hall–Kier alpha value is -5.21. The van der Waals surface area contributed by atoms with Crippen LogP contribution >= 0.6 is 0 Å². The molecule has 0 amide bonds. The van der Waals surface area contributed by atoms with E-state index < -0.39 is 43.0 Å². The molecule has 14 heteroatoms. The highest BCUT2D eigenvalue weighted by molar-refractivity contribution is 5.98. The highest BCUT2D eigenvalue weighted by Gasteiger charge is 2.37. The van der Waals surface area contributed by atoms with Gasteiger partial charge in [-0.1, -0.05) is 111 Å². The predicted octanol–water partition coefficient (Wildman–Crippen LogP) is 14.3. The van der Waals surface area contributed by atoms with Crippen molar-refractivity contribution in [2.45, 2.75) is 169 Å². The summed E-state index contributed by atoms with van der Waals surface area (Å²) < 4.78 is 131. The number of aliphatic hydroxyl groups is 2. The van der Waals surface area contributed by atoms with Gasteiger partial charge in [0.25, 0.3) is 0 Å². The molecular formula is C54H68F6N2O6. The van der Waals surface area contributed by atoms with Gasteiger partial charge in [0.2, 0.25) is 5.90 Å². The minimum absolute atomic E-state index is 0.00330. The third-order valence-electron chi connectivity index (χ3n) is 12.2. The fourth-order valence-corrected chi connectivity index (χ4v) is 8.58. The number of Topliss-reactive ketones (excluding diaryl/α,β-unsaturated/α-hetero) is 1. The lowest BCUT2D eigenvalue weighted by molar-refractivity contribution is -0.139. The van der Waals surface area contributed by atoms with Gasteiger partial charge in [-0.3, -0.25) is 4.79 Å². The summed E-state index contributed by atoms with van der Waals surface area (Å²) in [6, 6.07) is 18.1. The number of aryl methyl sites for hydroxylation is 2.